The molecule has 0 saturated heterocycles. The summed E-state index contributed by atoms with van der Waals surface area (Å²) in [7, 11) is 1.59. The van der Waals surface area contributed by atoms with Crippen molar-refractivity contribution in [3.8, 4) is 5.88 Å². The Labute approximate surface area is 121 Å². The Morgan fingerprint density at radius 2 is 2.25 bits per heavy atom. The van der Waals surface area contributed by atoms with Gasteiger partial charge in [0.25, 0.3) is 0 Å². The summed E-state index contributed by atoms with van der Waals surface area (Å²) in [6.45, 7) is 0. The van der Waals surface area contributed by atoms with Crippen LogP contribution in [0.25, 0.3) is 0 Å². The van der Waals surface area contributed by atoms with Gasteiger partial charge in [-0.2, -0.15) is 0 Å². The van der Waals surface area contributed by atoms with E-state index >= 15 is 0 Å². The van der Waals surface area contributed by atoms with Crippen molar-refractivity contribution in [1.82, 2.24) is 4.98 Å². The van der Waals surface area contributed by atoms with Crippen LogP contribution in [0.1, 0.15) is 18.0 Å². The molecule has 1 aliphatic heterocycles. The Balaban J connectivity index is 1.83. The van der Waals surface area contributed by atoms with Gasteiger partial charge in [-0.25, -0.2) is 9.37 Å². The maximum absolute atomic E-state index is 13.8. The second kappa shape index (κ2) is 5.71. The van der Waals surface area contributed by atoms with Crippen molar-refractivity contribution < 1.29 is 9.13 Å². The quantitative estimate of drug-likeness (QED) is 0.930. The highest BCUT2D eigenvalue weighted by atomic mass is 32.2. The molecule has 0 bridgehead atoms. The van der Waals surface area contributed by atoms with E-state index in [0.717, 1.165) is 28.3 Å². The van der Waals surface area contributed by atoms with Gasteiger partial charge in [-0.3, -0.25) is 0 Å². The van der Waals surface area contributed by atoms with Gasteiger partial charge in [0, 0.05) is 16.7 Å². The maximum atomic E-state index is 13.8. The average Bonchev–Trinajstić information content (AvgIpc) is 2.49. The first-order valence-corrected chi connectivity index (χ1v) is 7.44. The number of anilines is 1. The Morgan fingerprint density at radius 3 is 3.00 bits per heavy atom. The summed E-state index contributed by atoms with van der Waals surface area (Å²) in [4.78, 5) is 4.93. The lowest BCUT2D eigenvalue weighted by molar-refractivity contribution is 0.398. The molecule has 3 nitrogen and oxygen atoms in total. The van der Waals surface area contributed by atoms with Crippen LogP contribution in [0.2, 0.25) is 0 Å². The summed E-state index contributed by atoms with van der Waals surface area (Å²) in [5, 5.41) is 3.42. The number of thioether (sulfide) groups is 1. The topological polar surface area (TPSA) is 34.1 Å². The van der Waals surface area contributed by atoms with Crippen molar-refractivity contribution in [3.63, 3.8) is 0 Å². The second-order valence-corrected chi connectivity index (χ2v) is 5.69. The first kappa shape index (κ1) is 13.2. The molecule has 1 unspecified atom stereocenters. The third-order valence-electron chi connectivity index (χ3n) is 3.31. The molecule has 1 atom stereocenters. The van der Waals surface area contributed by atoms with Crippen LogP contribution in [0.15, 0.2) is 41.4 Å². The normalized spacial score (nSPS) is 17.4. The smallest absolute Gasteiger partial charge is 0.213 e. The fourth-order valence-electron chi connectivity index (χ4n) is 2.32. The summed E-state index contributed by atoms with van der Waals surface area (Å²) in [5.41, 5.74) is 1.94. The molecule has 5 heteroatoms. The highest BCUT2D eigenvalue weighted by Gasteiger charge is 2.22. The van der Waals surface area contributed by atoms with Crippen LogP contribution in [-0.4, -0.2) is 17.8 Å². The van der Waals surface area contributed by atoms with Crippen LogP contribution in [-0.2, 0) is 0 Å². The number of ether oxygens (including phenoxy) is 1. The third kappa shape index (κ3) is 2.58. The number of methoxy groups -OCH3 is 1. The molecule has 2 aromatic rings. The van der Waals surface area contributed by atoms with E-state index in [0.29, 0.717) is 5.88 Å². The number of hydrogen-bond acceptors (Lipinski definition) is 4. The van der Waals surface area contributed by atoms with Crippen LogP contribution in [0.3, 0.4) is 0 Å². The number of benzene rings is 1. The van der Waals surface area contributed by atoms with Gasteiger partial charge < -0.3 is 10.1 Å². The van der Waals surface area contributed by atoms with Crippen molar-refractivity contribution in [2.75, 3.05) is 18.2 Å². The van der Waals surface area contributed by atoms with Gasteiger partial charge >= 0.3 is 0 Å². The lowest BCUT2D eigenvalue weighted by Gasteiger charge is -2.27. The Bertz CT molecular complexity index is 603. The number of nitrogens with one attached hydrogen (secondary N) is 1. The van der Waals surface area contributed by atoms with E-state index < -0.39 is 0 Å². The number of hydrogen-bond donors (Lipinski definition) is 1. The average molecular weight is 290 g/mol. The zero-order valence-corrected chi connectivity index (χ0v) is 11.9. The molecule has 104 valence electrons. The minimum atomic E-state index is -0.133. The highest BCUT2D eigenvalue weighted by molar-refractivity contribution is 7.99. The van der Waals surface area contributed by atoms with Crippen LogP contribution in [0, 0.1) is 5.82 Å². The molecule has 1 N–H and O–H groups in total. The fraction of sp³-hybridized carbons (Fsp3) is 0.267. The molecule has 20 heavy (non-hydrogen) atoms. The van der Waals surface area contributed by atoms with E-state index in [1.807, 2.05) is 18.2 Å². The molecule has 0 radical (unpaired) electrons. The summed E-state index contributed by atoms with van der Waals surface area (Å²) >= 11 is 1.59. The van der Waals surface area contributed by atoms with Gasteiger partial charge in [0.15, 0.2) is 0 Å². The Kier molecular flexibility index (Phi) is 3.78. The minimum absolute atomic E-state index is 0.122. The van der Waals surface area contributed by atoms with E-state index in [9.17, 15) is 4.39 Å². The molecule has 0 aliphatic carbocycles. The van der Waals surface area contributed by atoms with Gasteiger partial charge in [-0.1, -0.05) is 12.1 Å². The molecular formula is C15H15FN2OS. The predicted molar refractivity (Wildman–Crippen MR) is 78.9 cm³/mol. The number of fused-ring (bicyclic) bond motifs is 1. The van der Waals surface area contributed by atoms with Gasteiger partial charge in [-0.05, 0) is 24.1 Å². The molecular weight excluding hydrogens is 275 g/mol. The molecule has 1 aromatic carbocycles. The lowest BCUT2D eigenvalue weighted by atomic mass is 10.0. The first-order valence-electron chi connectivity index (χ1n) is 6.45. The van der Waals surface area contributed by atoms with Crippen LogP contribution < -0.4 is 10.1 Å². The zero-order chi connectivity index (χ0) is 13.9. The lowest BCUT2D eigenvalue weighted by Crippen LogP contribution is -2.16. The number of pyridine rings is 1. The molecule has 1 aliphatic rings. The van der Waals surface area contributed by atoms with E-state index in [4.69, 9.17) is 4.74 Å². The number of halogens is 1. The molecule has 3 rings (SSSR count). The molecule has 0 saturated carbocycles. The van der Waals surface area contributed by atoms with Crippen LogP contribution in [0.5, 0.6) is 5.88 Å². The number of aromatic nitrogens is 1. The largest absolute Gasteiger partial charge is 0.481 e. The predicted octanol–water partition coefficient (Wildman–Crippen LogP) is 3.88. The maximum Gasteiger partial charge on any atom is 0.213 e. The highest BCUT2D eigenvalue weighted by Crippen LogP contribution is 2.39. The van der Waals surface area contributed by atoms with Gasteiger partial charge in [-0.15, -0.1) is 11.8 Å². The SMILES string of the molecule is COc1ccc(NC2CCSc3c(F)cccc32)cn1. The summed E-state index contributed by atoms with van der Waals surface area (Å²) in [6.07, 6.45) is 2.70. The van der Waals surface area contributed by atoms with Crippen molar-refractivity contribution in [1.29, 1.82) is 0 Å². The Morgan fingerprint density at radius 1 is 1.35 bits per heavy atom. The monoisotopic (exact) mass is 290 g/mol. The second-order valence-electron chi connectivity index (χ2n) is 4.58. The van der Waals surface area contributed by atoms with E-state index in [2.05, 4.69) is 10.3 Å². The standard InChI is InChI=1S/C15H15FN2OS/c1-19-14-6-5-10(9-17-14)18-13-7-8-20-15-11(13)3-2-4-12(15)16/h2-6,9,13,18H,7-8H2,1H3. The van der Waals surface area contributed by atoms with E-state index in [1.54, 1.807) is 31.1 Å². The molecule has 1 aromatic heterocycles. The van der Waals surface area contributed by atoms with Crippen LogP contribution >= 0.6 is 11.8 Å². The van der Waals surface area contributed by atoms with Gasteiger partial charge in [0.1, 0.15) is 5.82 Å². The van der Waals surface area contributed by atoms with Gasteiger partial charge in [0.2, 0.25) is 5.88 Å². The van der Waals surface area contributed by atoms with Crippen molar-refractivity contribution in [3.05, 3.63) is 47.9 Å². The third-order valence-corrected chi connectivity index (χ3v) is 4.47. The molecule has 0 spiro atoms. The molecule has 2 heterocycles. The first-order chi connectivity index (χ1) is 9.78. The van der Waals surface area contributed by atoms with Gasteiger partial charge in [0.05, 0.1) is 25.0 Å². The van der Waals surface area contributed by atoms with E-state index in [-0.39, 0.29) is 11.9 Å². The molecule has 0 amide bonds. The Hall–Kier alpha value is -1.75. The van der Waals surface area contributed by atoms with Crippen LogP contribution in [0.4, 0.5) is 10.1 Å². The summed E-state index contributed by atoms with van der Waals surface area (Å²) in [6, 6.07) is 9.12. The van der Waals surface area contributed by atoms with Crippen molar-refractivity contribution >= 4 is 17.4 Å². The fourth-order valence-corrected chi connectivity index (χ4v) is 3.46. The van der Waals surface area contributed by atoms with Crippen molar-refractivity contribution in [2.24, 2.45) is 0 Å². The molecule has 0 fully saturated rings. The number of rotatable bonds is 3. The van der Waals surface area contributed by atoms with E-state index in [1.165, 1.54) is 6.07 Å². The number of nitrogens with zero attached hydrogens (tertiary/aromatic N) is 1. The summed E-state index contributed by atoms with van der Waals surface area (Å²) in [5.74, 6) is 1.36. The summed E-state index contributed by atoms with van der Waals surface area (Å²) < 4.78 is 18.8. The van der Waals surface area contributed by atoms with Crippen molar-refractivity contribution in [2.45, 2.75) is 17.4 Å². The minimum Gasteiger partial charge on any atom is -0.481 e. The zero-order valence-electron chi connectivity index (χ0n) is 11.1.